The third-order valence-corrected chi connectivity index (χ3v) is 5.63. The summed E-state index contributed by atoms with van der Waals surface area (Å²) in [6, 6.07) is 0.994. The summed E-state index contributed by atoms with van der Waals surface area (Å²) in [5.74, 6) is 1.60. The number of piperidine rings is 3. The van der Waals surface area contributed by atoms with Crippen molar-refractivity contribution in [2.45, 2.75) is 43.9 Å². The molecule has 0 saturated carbocycles. The average Bonchev–Trinajstić information content (AvgIpc) is 2.41. The zero-order valence-corrected chi connectivity index (χ0v) is 11.2. The molecule has 4 rings (SSSR count). The van der Waals surface area contributed by atoms with Crippen molar-refractivity contribution in [2.75, 3.05) is 19.6 Å². The Kier molecular flexibility index (Phi) is 2.71. The predicted molar refractivity (Wildman–Crippen MR) is 71.5 cm³/mol. The third-order valence-electron chi connectivity index (χ3n) is 5.63. The van der Waals surface area contributed by atoms with E-state index in [0.717, 1.165) is 32.5 Å². The number of hydrogen-bond donors (Lipinski definition) is 1. The molecule has 0 unspecified atom stereocenters. The number of rotatable bonds is 0. The van der Waals surface area contributed by atoms with Crippen LogP contribution in [0.1, 0.15) is 25.7 Å². The molecule has 0 amide bonds. The lowest BCUT2D eigenvalue weighted by atomic mass is 9.71. The van der Waals surface area contributed by atoms with Gasteiger partial charge in [-0.25, -0.2) is 0 Å². The first-order valence-corrected chi connectivity index (χ1v) is 7.59. The van der Waals surface area contributed by atoms with Gasteiger partial charge in [-0.05, 0) is 37.2 Å². The number of nitrogens with zero attached hydrogens (tertiary/aromatic N) is 2. The number of aliphatic hydroxyl groups excluding tert-OH is 1. The summed E-state index contributed by atoms with van der Waals surface area (Å²) in [7, 11) is 0. The van der Waals surface area contributed by atoms with Gasteiger partial charge >= 0.3 is 0 Å². The van der Waals surface area contributed by atoms with Crippen molar-refractivity contribution >= 4 is 5.78 Å². The number of allylic oxidation sites excluding steroid dienone is 1. The Morgan fingerprint density at radius 2 is 2.00 bits per heavy atom. The number of carbonyl (C=O) groups excluding carboxylic acids is 1. The summed E-state index contributed by atoms with van der Waals surface area (Å²) < 4.78 is 0. The summed E-state index contributed by atoms with van der Waals surface area (Å²) in [6.07, 6.45) is 7.47. The lowest BCUT2D eigenvalue weighted by molar-refractivity contribution is -0.120. The Labute approximate surface area is 114 Å². The second-order valence-electron chi connectivity index (χ2n) is 6.75. The quantitative estimate of drug-likeness (QED) is 0.695. The predicted octanol–water partition coefficient (Wildman–Crippen LogP) is 0.618. The zero-order chi connectivity index (χ0) is 13.0. The average molecular weight is 262 g/mol. The van der Waals surface area contributed by atoms with Gasteiger partial charge in [0, 0.05) is 44.3 Å². The molecule has 0 radical (unpaired) electrons. The molecule has 0 aliphatic carbocycles. The molecule has 2 bridgehead atoms. The Morgan fingerprint density at radius 3 is 2.89 bits per heavy atom. The Morgan fingerprint density at radius 1 is 1.16 bits per heavy atom. The first-order chi connectivity index (χ1) is 9.20. The highest BCUT2D eigenvalue weighted by Gasteiger charge is 2.47. The fraction of sp³-hybridized carbons (Fsp3) is 0.800. The molecule has 5 atom stereocenters. The lowest BCUT2D eigenvalue weighted by Gasteiger charge is -2.56. The smallest absolute Gasteiger partial charge is 0.159 e. The summed E-state index contributed by atoms with van der Waals surface area (Å²) in [6.45, 7) is 3.23. The number of carbonyl (C=O) groups is 1. The fourth-order valence-electron chi connectivity index (χ4n) is 4.73. The van der Waals surface area contributed by atoms with Crippen molar-refractivity contribution < 1.29 is 9.90 Å². The monoisotopic (exact) mass is 262 g/mol. The van der Waals surface area contributed by atoms with Gasteiger partial charge < -0.3 is 10.0 Å². The van der Waals surface area contributed by atoms with Crippen LogP contribution in [0.3, 0.4) is 0 Å². The zero-order valence-electron chi connectivity index (χ0n) is 11.2. The van der Waals surface area contributed by atoms with Gasteiger partial charge in [0.2, 0.25) is 0 Å². The SMILES string of the molecule is O=C1C=CN2C[C@H]3C[C@H](CN4CC[C@H](O)C[C@@H]34)[C@H]2C1. The molecule has 19 heavy (non-hydrogen) atoms. The minimum absolute atomic E-state index is 0.103. The summed E-state index contributed by atoms with van der Waals surface area (Å²) in [4.78, 5) is 16.6. The van der Waals surface area contributed by atoms with E-state index in [0.29, 0.717) is 30.3 Å². The number of hydrogen-bond acceptors (Lipinski definition) is 4. The molecule has 0 spiro atoms. The molecule has 0 aromatic heterocycles. The standard InChI is InChI=1S/C15H22N2O2/c18-12-1-3-16-8-10-5-11(14(16)6-12)9-17-4-2-13(19)7-15(10)17/h1,3,10-11,13-15,19H,2,4-9H2/t10-,11-,13+,14-,15+/m1/s1. The number of ketones is 1. The molecule has 3 fully saturated rings. The Bertz CT molecular complexity index is 422. The molecule has 4 aliphatic rings. The molecule has 3 saturated heterocycles. The van der Waals surface area contributed by atoms with E-state index in [9.17, 15) is 9.90 Å². The van der Waals surface area contributed by atoms with Crippen molar-refractivity contribution in [3.8, 4) is 0 Å². The fourth-order valence-corrected chi connectivity index (χ4v) is 4.73. The van der Waals surface area contributed by atoms with Gasteiger partial charge in [0.25, 0.3) is 0 Å². The molecule has 0 aromatic carbocycles. The van der Waals surface area contributed by atoms with Gasteiger partial charge in [-0.15, -0.1) is 0 Å². The summed E-state index contributed by atoms with van der Waals surface area (Å²) >= 11 is 0. The second kappa shape index (κ2) is 4.32. The first kappa shape index (κ1) is 11.9. The van der Waals surface area contributed by atoms with E-state index >= 15 is 0 Å². The van der Waals surface area contributed by atoms with Crippen LogP contribution in [0.5, 0.6) is 0 Å². The molecule has 4 nitrogen and oxygen atoms in total. The van der Waals surface area contributed by atoms with E-state index in [4.69, 9.17) is 0 Å². The molecule has 1 N–H and O–H groups in total. The van der Waals surface area contributed by atoms with E-state index in [-0.39, 0.29) is 11.9 Å². The van der Waals surface area contributed by atoms with Crippen LogP contribution >= 0.6 is 0 Å². The Hall–Kier alpha value is -0.870. The minimum Gasteiger partial charge on any atom is -0.393 e. The largest absolute Gasteiger partial charge is 0.393 e. The van der Waals surface area contributed by atoms with Crippen LogP contribution in [0.4, 0.5) is 0 Å². The minimum atomic E-state index is -0.103. The highest BCUT2D eigenvalue weighted by Crippen LogP contribution is 2.42. The maximum Gasteiger partial charge on any atom is 0.159 e. The van der Waals surface area contributed by atoms with E-state index in [1.165, 1.54) is 6.42 Å². The molecular formula is C15H22N2O2. The lowest BCUT2D eigenvalue weighted by Crippen LogP contribution is -2.63. The van der Waals surface area contributed by atoms with Crippen molar-refractivity contribution in [3.05, 3.63) is 12.3 Å². The highest BCUT2D eigenvalue weighted by molar-refractivity contribution is 5.90. The molecule has 0 aromatic rings. The summed E-state index contributed by atoms with van der Waals surface area (Å²) in [5.41, 5.74) is 0. The molecule has 4 heteroatoms. The number of fused-ring (bicyclic) bond motifs is 6. The van der Waals surface area contributed by atoms with E-state index in [2.05, 4.69) is 9.80 Å². The van der Waals surface area contributed by atoms with E-state index in [1.54, 1.807) is 6.08 Å². The third kappa shape index (κ3) is 1.93. The van der Waals surface area contributed by atoms with Gasteiger partial charge in [0.1, 0.15) is 0 Å². The van der Waals surface area contributed by atoms with E-state index < -0.39 is 0 Å². The van der Waals surface area contributed by atoms with Crippen molar-refractivity contribution in [2.24, 2.45) is 11.8 Å². The van der Waals surface area contributed by atoms with Crippen LogP contribution in [-0.4, -0.2) is 58.5 Å². The van der Waals surface area contributed by atoms with Gasteiger partial charge in [-0.2, -0.15) is 0 Å². The molecular weight excluding hydrogens is 240 g/mol. The van der Waals surface area contributed by atoms with Gasteiger partial charge in [-0.1, -0.05) is 0 Å². The van der Waals surface area contributed by atoms with Crippen LogP contribution in [-0.2, 0) is 4.79 Å². The highest BCUT2D eigenvalue weighted by atomic mass is 16.3. The molecule has 4 aliphatic heterocycles. The van der Waals surface area contributed by atoms with Crippen molar-refractivity contribution in [1.29, 1.82) is 0 Å². The maximum absolute atomic E-state index is 11.6. The van der Waals surface area contributed by atoms with Crippen LogP contribution in [0, 0.1) is 11.8 Å². The van der Waals surface area contributed by atoms with Crippen molar-refractivity contribution in [1.82, 2.24) is 9.80 Å². The normalized spacial score (nSPS) is 45.8. The van der Waals surface area contributed by atoms with Crippen molar-refractivity contribution in [3.63, 3.8) is 0 Å². The van der Waals surface area contributed by atoms with E-state index in [1.807, 2.05) is 6.20 Å². The van der Waals surface area contributed by atoms with Crippen LogP contribution < -0.4 is 0 Å². The number of aliphatic hydroxyl groups is 1. The van der Waals surface area contributed by atoms with Gasteiger partial charge in [-0.3, -0.25) is 9.69 Å². The van der Waals surface area contributed by atoms with Gasteiger partial charge in [0.05, 0.1) is 6.10 Å². The second-order valence-corrected chi connectivity index (χ2v) is 6.75. The topological polar surface area (TPSA) is 43.8 Å². The van der Waals surface area contributed by atoms with Crippen LogP contribution in [0.25, 0.3) is 0 Å². The summed E-state index contributed by atoms with van der Waals surface area (Å²) in [5, 5.41) is 9.91. The van der Waals surface area contributed by atoms with Gasteiger partial charge in [0.15, 0.2) is 5.78 Å². The first-order valence-electron chi connectivity index (χ1n) is 7.59. The molecule has 4 heterocycles. The van der Waals surface area contributed by atoms with Crippen LogP contribution in [0.15, 0.2) is 12.3 Å². The Balaban J connectivity index is 1.59. The maximum atomic E-state index is 11.6. The molecule has 104 valence electrons. The van der Waals surface area contributed by atoms with Crippen LogP contribution in [0.2, 0.25) is 0 Å².